The van der Waals surface area contributed by atoms with E-state index in [4.69, 9.17) is 4.98 Å². The van der Waals surface area contributed by atoms with Crippen molar-refractivity contribution in [3.05, 3.63) is 22.9 Å². The number of anilines is 1. The van der Waals surface area contributed by atoms with Gasteiger partial charge in [-0.2, -0.15) is 0 Å². The lowest BCUT2D eigenvalue weighted by atomic mass is 10.1. The van der Waals surface area contributed by atoms with Gasteiger partial charge in [-0.1, -0.05) is 0 Å². The maximum absolute atomic E-state index is 12.6. The molecule has 0 spiro atoms. The van der Waals surface area contributed by atoms with Crippen LogP contribution in [0.2, 0.25) is 0 Å². The predicted octanol–water partition coefficient (Wildman–Crippen LogP) is 1.16. The number of hydrogen-bond donors (Lipinski definition) is 2. The molecule has 0 bridgehead atoms. The Hall–Kier alpha value is -1.67. The highest BCUT2D eigenvalue weighted by atomic mass is 32.2. The van der Waals surface area contributed by atoms with Crippen LogP contribution in [-0.4, -0.2) is 55.5 Å². The lowest BCUT2D eigenvalue weighted by Gasteiger charge is -2.19. The Morgan fingerprint density at radius 3 is 2.62 bits per heavy atom. The van der Waals surface area contributed by atoms with Gasteiger partial charge in [0.05, 0.1) is 10.8 Å². The first-order valence-corrected chi connectivity index (χ1v) is 11.0. The zero-order valence-corrected chi connectivity index (χ0v) is 15.9. The van der Waals surface area contributed by atoms with Crippen LogP contribution in [0.3, 0.4) is 0 Å². The van der Waals surface area contributed by atoms with Gasteiger partial charge < -0.3 is 10.6 Å². The third-order valence-electron chi connectivity index (χ3n) is 5.45. The van der Waals surface area contributed by atoms with Gasteiger partial charge in [-0.25, -0.2) is 17.7 Å². The van der Waals surface area contributed by atoms with Crippen LogP contribution < -0.4 is 10.6 Å². The van der Waals surface area contributed by atoms with Crippen LogP contribution in [0.25, 0.3) is 0 Å². The molecule has 0 aromatic carbocycles. The quantitative estimate of drug-likeness (QED) is 0.775. The molecule has 0 radical (unpaired) electrons. The SMILES string of the molecule is CNC(=O)c1cc2c(nc1NCC1CC1)CCN(S(=O)(=O)C1CC1)CC2. The van der Waals surface area contributed by atoms with E-state index in [9.17, 15) is 13.2 Å². The van der Waals surface area contributed by atoms with Crippen molar-refractivity contribution in [1.29, 1.82) is 0 Å². The fourth-order valence-corrected chi connectivity index (χ4v) is 5.30. The number of fused-ring (bicyclic) bond motifs is 1. The number of rotatable bonds is 6. The summed E-state index contributed by atoms with van der Waals surface area (Å²) in [6, 6.07) is 1.89. The third-order valence-corrected chi connectivity index (χ3v) is 7.85. The summed E-state index contributed by atoms with van der Waals surface area (Å²) in [6.07, 6.45) is 5.19. The Kier molecular flexibility index (Phi) is 4.64. The van der Waals surface area contributed by atoms with E-state index < -0.39 is 10.0 Å². The van der Waals surface area contributed by atoms with Crippen LogP contribution in [0.1, 0.15) is 47.3 Å². The molecule has 8 heteroatoms. The molecular formula is C18H26N4O3S. The lowest BCUT2D eigenvalue weighted by molar-refractivity contribution is 0.0963. The topological polar surface area (TPSA) is 91.4 Å². The van der Waals surface area contributed by atoms with Gasteiger partial charge in [0, 0.05) is 38.8 Å². The second-order valence-corrected chi connectivity index (χ2v) is 9.75. The summed E-state index contributed by atoms with van der Waals surface area (Å²) in [5.74, 6) is 1.13. The molecular weight excluding hydrogens is 352 g/mol. The zero-order chi connectivity index (χ0) is 18.3. The molecule has 0 unspecified atom stereocenters. The van der Waals surface area contributed by atoms with Gasteiger partial charge in [0.15, 0.2) is 0 Å². The minimum Gasteiger partial charge on any atom is -0.369 e. The van der Waals surface area contributed by atoms with E-state index in [0.717, 1.165) is 30.6 Å². The van der Waals surface area contributed by atoms with Crippen LogP contribution in [0.15, 0.2) is 6.07 Å². The molecule has 0 atom stereocenters. The van der Waals surface area contributed by atoms with E-state index in [0.29, 0.717) is 43.2 Å². The second-order valence-electron chi connectivity index (χ2n) is 7.54. The molecule has 2 aliphatic carbocycles. The Morgan fingerprint density at radius 2 is 1.96 bits per heavy atom. The van der Waals surface area contributed by atoms with E-state index in [-0.39, 0.29) is 11.2 Å². The van der Waals surface area contributed by atoms with E-state index >= 15 is 0 Å². The predicted molar refractivity (Wildman–Crippen MR) is 99.8 cm³/mol. The van der Waals surface area contributed by atoms with Crippen molar-refractivity contribution in [3.63, 3.8) is 0 Å². The summed E-state index contributed by atoms with van der Waals surface area (Å²) in [6.45, 7) is 1.77. The maximum atomic E-state index is 12.6. The van der Waals surface area contributed by atoms with Gasteiger partial charge in [-0.3, -0.25) is 4.79 Å². The smallest absolute Gasteiger partial charge is 0.254 e. The first-order chi connectivity index (χ1) is 12.5. The molecule has 2 fully saturated rings. The maximum Gasteiger partial charge on any atom is 0.254 e. The average Bonchev–Trinajstić information content (AvgIpc) is 3.51. The van der Waals surface area contributed by atoms with E-state index in [1.165, 1.54) is 12.8 Å². The molecule has 1 aromatic rings. The molecule has 0 saturated heterocycles. The molecule has 2 saturated carbocycles. The minimum atomic E-state index is -3.17. The van der Waals surface area contributed by atoms with Crippen molar-refractivity contribution >= 4 is 21.7 Å². The highest BCUT2D eigenvalue weighted by molar-refractivity contribution is 7.90. The number of hydrogen-bond acceptors (Lipinski definition) is 5. The number of pyridine rings is 1. The molecule has 2 N–H and O–H groups in total. The number of aromatic nitrogens is 1. The van der Waals surface area contributed by atoms with Crippen molar-refractivity contribution in [1.82, 2.24) is 14.6 Å². The summed E-state index contributed by atoms with van der Waals surface area (Å²) in [5.41, 5.74) is 2.43. The largest absolute Gasteiger partial charge is 0.369 e. The van der Waals surface area contributed by atoms with Gasteiger partial charge in [0.25, 0.3) is 5.91 Å². The number of nitrogens with zero attached hydrogens (tertiary/aromatic N) is 2. The van der Waals surface area contributed by atoms with E-state index in [2.05, 4.69) is 10.6 Å². The van der Waals surface area contributed by atoms with Crippen molar-refractivity contribution in [2.75, 3.05) is 32.0 Å². The molecule has 26 heavy (non-hydrogen) atoms. The summed E-state index contributed by atoms with van der Waals surface area (Å²) in [4.78, 5) is 17.0. The van der Waals surface area contributed by atoms with Gasteiger partial charge in [0.1, 0.15) is 5.82 Å². The number of nitrogens with one attached hydrogen (secondary N) is 2. The first-order valence-electron chi connectivity index (χ1n) is 9.46. The standard InChI is InChI=1S/C18H26N4O3S/c1-19-18(23)15-10-13-6-8-22(26(24,25)14-4-5-14)9-7-16(13)21-17(15)20-11-12-2-3-12/h10,12,14H,2-9,11H2,1H3,(H,19,23)(H,20,21). The third kappa shape index (κ3) is 3.57. The van der Waals surface area contributed by atoms with Gasteiger partial charge in [-0.15, -0.1) is 0 Å². The summed E-state index contributed by atoms with van der Waals surface area (Å²) in [7, 11) is -1.56. The number of carbonyl (C=O) groups excluding carboxylic acids is 1. The van der Waals surface area contributed by atoms with Crippen LogP contribution in [0.4, 0.5) is 5.82 Å². The van der Waals surface area contributed by atoms with Crippen LogP contribution in [-0.2, 0) is 22.9 Å². The Bertz CT molecular complexity index is 816. The van der Waals surface area contributed by atoms with Gasteiger partial charge in [0.2, 0.25) is 10.0 Å². The van der Waals surface area contributed by atoms with Crippen molar-refractivity contribution < 1.29 is 13.2 Å². The number of sulfonamides is 1. The molecule has 3 aliphatic rings. The first kappa shape index (κ1) is 17.7. The normalized spacial score (nSPS) is 21.0. The number of amides is 1. The average molecular weight is 378 g/mol. The number of carbonyl (C=O) groups is 1. The van der Waals surface area contributed by atoms with Gasteiger partial charge >= 0.3 is 0 Å². The zero-order valence-electron chi connectivity index (χ0n) is 15.1. The second kappa shape index (κ2) is 6.81. The summed E-state index contributed by atoms with van der Waals surface area (Å²) >= 11 is 0. The molecule has 142 valence electrons. The van der Waals surface area contributed by atoms with Crippen molar-refractivity contribution in [3.8, 4) is 0 Å². The molecule has 2 heterocycles. The van der Waals surface area contributed by atoms with Crippen molar-refractivity contribution in [2.45, 2.75) is 43.8 Å². The Balaban J connectivity index is 1.58. The van der Waals surface area contributed by atoms with E-state index in [1.807, 2.05) is 6.07 Å². The van der Waals surface area contributed by atoms with Crippen LogP contribution in [0.5, 0.6) is 0 Å². The summed E-state index contributed by atoms with van der Waals surface area (Å²) in [5, 5.41) is 5.82. The van der Waals surface area contributed by atoms with Crippen molar-refractivity contribution in [2.24, 2.45) is 5.92 Å². The molecule has 4 rings (SSSR count). The fraction of sp³-hybridized carbons (Fsp3) is 0.667. The lowest BCUT2D eigenvalue weighted by Crippen LogP contribution is -2.35. The minimum absolute atomic E-state index is 0.162. The summed E-state index contributed by atoms with van der Waals surface area (Å²) < 4.78 is 26.7. The molecule has 7 nitrogen and oxygen atoms in total. The Labute approximate surface area is 154 Å². The Morgan fingerprint density at radius 1 is 1.23 bits per heavy atom. The molecule has 1 aliphatic heterocycles. The molecule has 1 aromatic heterocycles. The highest BCUT2D eigenvalue weighted by Crippen LogP contribution is 2.33. The monoisotopic (exact) mass is 378 g/mol. The van der Waals surface area contributed by atoms with Gasteiger partial charge in [-0.05, 0) is 49.7 Å². The van der Waals surface area contributed by atoms with Crippen LogP contribution in [0, 0.1) is 5.92 Å². The van der Waals surface area contributed by atoms with E-state index in [1.54, 1.807) is 11.4 Å². The molecule has 1 amide bonds. The fourth-order valence-electron chi connectivity index (χ4n) is 3.45. The highest BCUT2D eigenvalue weighted by Gasteiger charge is 2.40. The van der Waals surface area contributed by atoms with Crippen LogP contribution >= 0.6 is 0 Å².